The van der Waals surface area contributed by atoms with E-state index in [-0.39, 0.29) is 24.6 Å². The predicted octanol–water partition coefficient (Wildman–Crippen LogP) is 2.32. The Morgan fingerprint density at radius 3 is 2.59 bits per heavy atom. The van der Waals surface area contributed by atoms with Gasteiger partial charge in [-0.15, -0.1) is 12.4 Å². The van der Waals surface area contributed by atoms with Crippen molar-refractivity contribution in [1.82, 2.24) is 4.31 Å². The highest BCUT2D eigenvalue weighted by Gasteiger charge is 2.29. The average Bonchev–Trinajstić information content (AvgIpc) is 2.40. The topological polar surface area (TPSA) is 72.6 Å². The first-order valence-corrected chi connectivity index (χ1v) is 8.77. The first-order valence-electron chi connectivity index (χ1n) is 7.33. The molecule has 0 radical (unpaired) electrons. The van der Waals surface area contributed by atoms with Crippen LogP contribution in [0.2, 0.25) is 0 Å². The van der Waals surface area contributed by atoms with Gasteiger partial charge in [-0.1, -0.05) is 0 Å². The molecule has 126 valence electrons. The van der Waals surface area contributed by atoms with E-state index in [1.807, 2.05) is 20.8 Å². The van der Waals surface area contributed by atoms with Crippen LogP contribution in [-0.4, -0.2) is 38.0 Å². The van der Waals surface area contributed by atoms with E-state index in [2.05, 4.69) is 0 Å². The molecule has 1 aliphatic rings. The molecular formula is C15H25ClN2O3S. The molecular weight excluding hydrogens is 324 g/mol. The lowest BCUT2D eigenvalue weighted by Gasteiger charge is -2.30. The molecule has 7 heteroatoms. The fraction of sp³-hybridized carbons (Fsp3) is 0.600. The summed E-state index contributed by atoms with van der Waals surface area (Å²) in [6.45, 7) is 6.68. The molecule has 0 unspecified atom stereocenters. The van der Waals surface area contributed by atoms with E-state index >= 15 is 0 Å². The molecule has 2 rings (SSSR count). The highest BCUT2D eigenvalue weighted by atomic mass is 35.5. The Hall–Kier alpha value is -0.820. The molecule has 1 aromatic carbocycles. The minimum atomic E-state index is -3.46. The molecule has 1 aliphatic heterocycles. The van der Waals surface area contributed by atoms with Crippen molar-refractivity contribution in [3.63, 3.8) is 0 Å². The minimum Gasteiger partial charge on any atom is -0.491 e. The van der Waals surface area contributed by atoms with Crippen molar-refractivity contribution in [1.29, 1.82) is 0 Å². The van der Waals surface area contributed by atoms with Crippen LogP contribution in [0.4, 0.5) is 0 Å². The van der Waals surface area contributed by atoms with Gasteiger partial charge >= 0.3 is 0 Å². The van der Waals surface area contributed by atoms with Crippen LogP contribution in [0.25, 0.3) is 0 Å². The minimum absolute atomic E-state index is 0. The summed E-state index contributed by atoms with van der Waals surface area (Å²) in [5.41, 5.74) is 6.71. The van der Waals surface area contributed by atoms with Crippen molar-refractivity contribution >= 4 is 22.4 Å². The van der Waals surface area contributed by atoms with Crippen LogP contribution in [0.1, 0.15) is 32.3 Å². The van der Waals surface area contributed by atoms with Gasteiger partial charge in [0, 0.05) is 19.1 Å². The Bertz CT molecular complexity index is 605. The second-order valence-electron chi connectivity index (χ2n) is 5.86. The SMILES string of the molecule is Cc1cc(S(=O)(=O)N2CCC[C@@H](N)C2)ccc1OC(C)C.Cl. The van der Waals surface area contributed by atoms with E-state index in [1.165, 1.54) is 4.31 Å². The molecule has 0 saturated carbocycles. The molecule has 1 fully saturated rings. The Morgan fingerprint density at radius 2 is 2.05 bits per heavy atom. The standard InChI is InChI=1S/C15H24N2O3S.ClH/c1-11(2)20-15-7-6-14(9-12(15)3)21(18,19)17-8-4-5-13(16)10-17;/h6-7,9,11,13H,4-5,8,10,16H2,1-3H3;1H/t13-;/m1./s1. The van der Waals surface area contributed by atoms with Crippen molar-refractivity contribution in [3.8, 4) is 5.75 Å². The zero-order valence-corrected chi connectivity index (χ0v) is 14.9. The van der Waals surface area contributed by atoms with Crippen LogP contribution in [0.5, 0.6) is 5.75 Å². The molecule has 1 saturated heterocycles. The maximum absolute atomic E-state index is 12.6. The number of aryl methyl sites for hydroxylation is 1. The van der Waals surface area contributed by atoms with E-state index in [0.717, 1.165) is 24.2 Å². The van der Waals surface area contributed by atoms with E-state index in [1.54, 1.807) is 18.2 Å². The number of sulfonamides is 1. The van der Waals surface area contributed by atoms with Crippen LogP contribution in [-0.2, 0) is 10.0 Å². The lowest BCUT2D eigenvalue weighted by molar-refractivity contribution is 0.240. The second kappa shape index (κ2) is 7.64. The maximum atomic E-state index is 12.6. The van der Waals surface area contributed by atoms with Gasteiger partial charge in [0.25, 0.3) is 0 Å². The van der Waals surface area contributed by atoms with Crippen molar-refractivity contribution in [2.75, 3.05) is 13.1 Å². The molecule has 0 aliphatic carbocycles. The van der Waals surface area contributed by atoms with Crippen molar-refractivity contribution in [2.45, 2.75) is 50.7 Å². The van der Waals surface area contributed by atoms with Gasteiger partial charge in [-0.3, -0.25) is 0 Å². The van der Waals surface area contributed by atoms with E-state index in [4.69, 9.17) is 10.5 Å². The van der Waals surface area contributed by atoms with E-state index in [9.17, 15) is 8.42 Å². The molecule has 1 aromatic rings. The highest BCUT2D eigenvalue weighted by molar-refractivity contribution is 7.89. The van der Waals surface area contributed by atoms with Gasteiger partial charge in [0.15, 0.2) is 0 Å². The molecule has 2 N–H and O–H groups in total. The average molecular weight is 349 g/mol. The van der Waals surface area contributed by atoms with Crippen LogP contribution < -0.4 is 10.5 Å². The number of hydrogen-bond donors (Lipinski definition) is 1. The first-order chi connectivity index (χ1) is 9.80. The summed E-state index contributed by atoms with van der Waals surface area (Å²) in [6.07, 6.45) is 1.76. The number of halogens is 1. The van der Waals surface area contributed by atoms with Gasteiger partial charge in [-0.2, -0.15) is 4.31 Å². The largest absolute Gasteiger partial charge is 0.491 e. The molecule has 0 spiro atoms. The molecule has 1 atom stereocenters. The summed E-state index contributed by atoms with van der Waals surface area (Å²) < 4.78 is 32.4. The quantitative estimate of drug-likeness (QED) is 0.906. The molecule has 0 aromatic heterocycles. The monoisotopic (exact) mass is 348 g/mol. The zero-order chi connectivity index (χ0) is 15.6. The third kappa shape index (κ3) is 4.35. The Balaban J connectivity index is 0.00000242. The fourth-order valence-corrected chi connectivity index (χ4v) is 4.13. The first kappa shape index (κ1) is 19.2. The van der Waals surface area contributed by atoms with Crippen LogP contribution in [0, 0.1) is 6.92 Å². The van der Waals surface area contributed by atoms with Gasteiger partial charge < -0.3 is 10.5 Å². The van der Waals surface area contributed by atoms with Gasteiger partial charge in [0.2, 0.25) is 10.0 Å². The molecule has 0 bridgehead atoms. The Labute approximate surface area is 139 Å². The zero-order valence-electron chi connectivity index (χ0n) is 13.3. The Kier molecular flexibility index (Phi) is 6.67. The van der Waals surface area contributed by atoms with Gasteiger partial charge in [-0.05, 0) is 57.4 Å². The number of nitrogens with two attached hydrogens (primary N) is 1. The molecule has 0 amide bonds. The maximum Gasteiger partial charge on any atom is 0.243 e. The number of rotatable bonds is 4. The van der Waals surface area contributed by atoms with Crippen LogP contribution in [0.15, 0.2) is 23.1 Å². The second-order valence-corrected chi connectivity index (χ2v) is 7.80. The van der Waals surface area contributed by atoms with Crippen LogP contribution >= 0.6 is 12.4 Å². The molecule has 5 nitrogen and oxygen atoms in total. The summed E-state index contributed by atoms with van der Waals surface area (Å²) in [5.74, 6) is 0.722. The number of hydrogen-bond acceptors (Lipinski definition) is 4. The van der Waals surface area contributed by atoms with Crippen molar-refractivity contribution in [2.24, 2.45) is 5.73 Å². The number of ether oxygens (including phenoxy) is 1. The third-order valence-electron chi connectivity index (χ3n) is 3.57. The summed E-state index contributed by atoms with van der Waals surface area (Å²) in [4.78, 5) is 0.310. The van der Waals surface area contributed by atoms with E-state index < -0.39 is 10.0 Å². The summed E-state index contributed by atoms with van der Waals surface area (Å²) in [5, 5.41) is 0. The summed E-state index contributed by atoms with van der Waals surface area (Å²) >= 11 is 0. The number of benzene rings is 1. The fourth-order valence-electron chi connectivity index (χ4n) is 2.51. The highest BCUT2D eigenvalue weighted by Crippen LogP contribution is 2.26. The van der Waals surface area contributed by atoms with E-state index in [0.29, 0.717) is 18.0 Å². The van der Waals surface area contributed by atoms with Gasteiger partial charge in [-0.25, -0.2) is 8.42 Å². The van der Waals surface area contributed by atoms with Crippen LogP contribution in [0.3, 0.4) is 0 Å². The third-order valence-corrected chi connectivity index (χ3v) is 5.43. The summed E-state index contributed by atoms with van der Waals surface area (Å²) in [6, 6.07) is 4.94. The number of piperidine rings is 1. The van der Waals surface area contributed by atoms with Crippen molar-refractivity contribution in [3.05, 3.63) is 23.8 Å². The summed E-state index contributed by atoms with van der Waals surface area (Å²) in [7, 11) is -3.46. The smallest absolute Gasteiger partial charge is 0.243 e. The predicted molar refractivity (Wildman–Crippen MR) is 90.2 cm³/mol. The lowest BCUT2D eigenvalue weighted by atomic mass is 10.1. The Morgan fingerprint density at radius 1 is 1.36 bits per heavy atom. The number of nitrogens with zero attached hydrogens (tertiary/aromatic N) is 1. The van der Waals surface area contributed by atoms with Crippen molar-refractivity contribution < 1.29 is 13.2 Å². The van der Waals surface area contributed by atoms with Gasteiger partial charge in [0.1, 0.15) is 5.75 Å². The molecule has 1 heterocycles. The van der Waals surface area contributed by atoms with Gasteiger partial charge in [0.05, 0.1) is 11.0 Å². The normalized spacial score (nSPS) is 19.8. The lowest BCUT2D eigenvalue weighted by Crippen LogP contribution is -2.45. The molecule has 22 heavy (non-hydrogen) atoms.